The van der Waals surface area contributed by atoms with E-state index in [1.165, 1.54) is 32.1 Å². The van der Waals surface area contributed by atoms with Gasteiger partial charge in [0.1, 0.15) is 0 Å². The van der Waals surface area contributed by atoms with Crippen LogP contribution in [0.3, 0.4) is 0 Å². The van der Waals surface area contributed by atoms with E-state index in [-0.39, 0.29) is 0 Å². The largest absolute Gasteiger partial charge is 0.481 e. The highest BCUT2D eigenvalue weighted by Gasteiger charge is 2.09. The van der Waals surface area contributed by atoms with Crippen molar-refractivity contribution in [1.29, 1.82) is 0 Å². The summed E-state index contributed by atoms with van der Waals surface area (Å²) in [4.78, 5) is 10.5. The lowest BCUT2D eigenvalue weighted by molar-refractivity contribution is -0.137. The molecule has 0 aromatic rings. The maximum Gasteiger partial charge on any atom is 0.303 e. The summed E-state index contributed by atoms with van der Waals surface area (Å²) in [7, 11) is 0. The Morgan fingerprint density at radius 1 is 1.18 bits per heavy atom. The van der Waals surface area contributed by atoms with Crippen LogP contribution >= 0.6 is 0 Å². The quantitative estimate of drug-likeness (QED) is 0.280. The summed E-state index contributed by atoms with van der Waals surface area (Å²) in [6.07, 6.45) is 9.48. The van der Waals surface area contributed by atoms with Gasteiger partial charge in [-0.15, -0.1) is 0 Å². The van der Waals surface area contributed by atoms with Gasteiger partial charge in [-0.3, -0.25) is 16.1 Å². The number of carbonyl (C=O) groups is 1. The van der Waals surface area contributed by atoms with Crippen molar-refractivity contribution in [2.24, 2.45) is 11.8 Å². The van der Waals surface area contributed by atoms with Crippen LogP contribution in [0.2, 0.25) is 0 Å². The molecule has 0 heterocycles. The lowest BCUT2D eigenvalue weighted by Crippen LogP contribution is -2.25. The molecule has 0 aliphatic carbocycles. The van der Waals surface area contributed by atoms with Crippen molar-refractivity contribution in [1.82, 2.24) is 5.43 Å². The average Bonchev–Trinajstić information content (AvgIpc) is 2.30. The van der Waals surface area contributed by atoms with Crippen molar-refractivity contribution in [3.8, 4) is 0 Å². The first-order valence-electron chi connectivity index (χ1n) is 6.86. The molecule has 4 heteroatoms. The number of carboxylic acid groups (broad SMARTS) is 1. The number of nitrogens with two attached hydrogens (primary N) is 1. The summed E-state index contributed by atoms with van der Waals surface area (Å²) in [5.74, 6) is 5.22. The fourth-order valence-corrected chi connectivity index (χ4v) is 2.12. The first-order chi connectivity index (χ1) is 8.20. The molecule has 1 unspecified atom stereocenters. The maximum atomic E-state index is 10.5. The summed E-state index contributed by atoms with van der Waals surface area (Å²) in [6.45, 7) is 3.04. The normalized spacial score (nSPS) is 12.6. The van der Waals surface area contributed by atoms with E-state index in [0.29, 0.717) is 12.3 Å². The Morgan fingerprint density at radius 3 is 2.47 bits per heavy atom. The van der Waals surface area contributed by atoms with Gasteiger partial charge in [0.05, 0.1) is 0 Å². The van der Waals surface area contributed by atoms with Crippen molar-refractivity contribution in [3.05, 3.63) is 0 Å². The predicted molar refractivity (Wildman–Crippen MR) is 70.5 cm³/mol. The second kappa shape index (κ2) is 11.9. The average molecular weight is 244 g/mol. The van der Waals surface area contributed by atoms with Crippen LogP contribution < -0.4 is 11.3 Å². The maximum absolute atomic E-state index is 10.5. The molecular formula is C13H28N2O2. The molecular weight excluding hydrogens is 216 g/mol. The van der Waals surface area contributed by atoms with E-state index < -0.39 is 5.97 Å². The Balaban J connectivity index is 3.67. The van der Waals surface area contributed by atoms with Crippen molar-refractivity contribution in [2.75, 3.05) is 6.54 Å². The minimum atomic E-state index is -0.688. The fourth-order valence-electron chi connectivity index (χ4n) is 2.12. The number of hydrazine groups is 1. The summed E-state index contributed by atoms with van der Waals surface area (Å²) in [5.41, 5.74) is 2.68. The number of hydrogen-bond donors (Lipinski definition) is 3. The minimum absolute atomic E-state index is 0.293. The molecule has 0 saturated heterocycles. The molecule has 102 valence electrons. The molecule has 0 rings (SSSR count). The van der Waals surface area contributed by atoms with Crippen LogP contribution in [0.5, 0.6) is 0 Å². The Labute approximate surface area is 105 Å². The van der Waals surface area contributed by atoms with E-state index in [2.05, 4.69) is 12.3 Å². The van der Waals surface area contributed by atoms with Gasteiger partial charge in [-0.25, -0.2) is 0 Å². The van der Waals surface area contributed by atoms with Crippen LogP contribution in [-0.4, -0.2) is 17.6 Å². The lowest BCUT2D eigenvalue weighted by Gasteiger charge is -2.16. The zero-order valence-electron chi connectivity index (χ0n) is 11.1. The second-order valence-electron chi connectivity index (χ2n) is 4.74. The van der Waals surface area contributed by atoms with E-state index >= 15 is 0 Å². The number of unbranched alkanes of at least 4 members (excludes halogenated alkanes) is 3. The smallest absolute Gasteiger partial charge is 0.303 e. The molecule has 0 amide bonds. The van der Waals surface area contributed by atoms with Gasteiger partial charge >= 0.3 is 5.97 Å². The van der Waals surface area contributed by atoms with Crippen LogP contribution in [-0.2, 0) is 4.79 Å². The van der Waals surface area contributed by atoms with Crippen LogP contribution in [0.15, 0.2) is 0 Å². The van der Waals surface area contributed by atoms with E-state index in [9.17, 15) is 4.79 Å². The van der Waals surface area contributed by atoms with Crippen LogP contribution in [0.25, 0.3) is 0 Å². The Kier molecular flexibility index (Phi) is 11.4. The molecule has 0 aliphatic heterocycles. The third-order valence-corrected chi connectivity index (χ3v) is 3.17. The molecule has 0 aromatic carbocycles. The lowest BCUT2D eigenvalue weighted by atomic mass is 9.92. The molecule has 0 aliphatic rings. The predicted octanol–water partition coefficient (Wildman–Crippen LogP) is 2.68. The number of carboxylic acids is 1. The molecule has 17 heavy (non-hydrogen) atoms. The van der Waals surface area contributed by atoms with E-state index in [4.69, 9.17) is 10.9 Å². The topological polar surface area (TPSA) is 75.3 Å². The van der Waals surface area contributed by atoms with Crippen molar-refractivity contribution >= 4 is 5.97 Å². The van der Waals surface area contributed by atoms with Crippen molar-refractivity contribution in [2.45, 2.75) is 64.7 Å². The van der Waals surface area contributed by atoms with Gasteiger partial charge < -0.3 is 5.11 Å². The van der Waals surface area contributed by atoms with Gasteiger partial charge in [-0.1, -0.05) is 39.0 Å². The molecule has 0 saturated carbocycles. The fraction of sp³-hybridized carbons (Fsp3) is 0.923. The van der Waals surface area contributed by atoms with E-state index in [1.54, 1.807) is 0 Å². The molecule has 0 fully saturated rings. The molecule has 0 aromatic heterocycles. The van der Waals surface area contributed by atoms with E-state index in [0.717, 1.165) is 25.8 Å². The summed E-state index contributed by atoms with van der Waals surface area (Å²) in [6, 6.07) is 0. The van der Waals surface area contributed by atoms with Crippen LogP contribution in [0, 0.1) is 5.92 Å². The number of nitrogens with one attached hydrogen (secondary N) is 1. The Hall–Kier alpha value is -0.610. The van der Waals surface area contributed by atoms with Gasteiger partial charge in [0.25, 0.3) is 0 Å². The zero-order chi connectivity index (χ0) is 12.9. The highest BCUT2D eigenvalue weighted by molar-refractivity contribution is 5.66. The first-order valence-corrected chi connectivity index (χ1v) is 6.86. The zero-order valence-corrected chi connectivity index (χ0v) is 11.1. The van der Waals surface area contributed by atoms with Crippen molar-refractivity contribution in [3.63, 3.8) is 0 Å². The third-order valence-electron chi connectivity index (χ3n) is 3.17. The SMILES string of the molecule is CCCCCCC(CCCC(=O)O)CCNN. The van der Waals surface area contributed by atoms with Gasteiger partial charge in [0, 0.05) is 13.0 Å². The summed E-state index contributed by atoms with van der Waals surface area (Å²) < 4.78 is 0. The monoisotopic (exact) mass is 244 g/mol. The van der Waals surface area contributed by atoms with Gasteiger partial charge in [-0.05, 0) is 25.2 Å². The summed E-state index contributed by atoms with van der Waals surface area (Å²) >= 11 is 0. The van der Waals surface area contributed by atoms with Gasteiger partial charge in [0.2, 0.25) is 0 Å². The summed E-state index contributed by atoms with van der Waals surface area (Å²) in [5, 5.41) is 8.62. The Bertz CT molecular complexity index is 186. The van der Waals surface area contributed by atoms with Crippen molar-refractivity contribution < 1.29 is 9.90 Å². The van der Waals surface area contributed by atoms with E-state index in [1.807, 2.05) is 0 Å². The minimum Gasteiger partial charge on any atom is -0.481 e. The second-order valence-corrected chi connectivity index (χ2v) is 4.74. The molecule has 0 spiro atoms. The molecule has 1 atom stereocenters. The number of hydrogen-bond acceptors (Lipinski definition) is 3. The number of aliphatic carboxylic acids is 1. The standard InChI is InChI=1S/C13H28N2O2/c1-2-3-4-5-7-12(10-11-15-14)8-6-9-13(16)17/h12,15H,2-11,14H2,1H3,(H,16,17). The Morgan fingerprint density at radius 2 is 1.88 bits per heavy atom. The van der Waals surface area contributed by atoms with Crippen LogP contribution in [0.4, 0.5) is 0 Å². The molecule has 0 bridgehead atoms. The molecule has 4 N–H and O–H groups in total. The van der Waals surface area contributed by atoms with Gasteiger partial charge in [0.15, 0.2) is 0 Å². The van der Waals surface area contributed by atoms with Gasteiger partial charge in [-0.2, -0.15) is 0 Å². The third kappa shape index (κ3) is 11.6. The highest BCUT2D eigenvalue weighted by Crippen LogP contribution is 2.20. The molecule has 4 nitrogen and oxygen atoms in total. The first kappa shape index (κ1) is 16.4. The number of rotatable bonds is 12. The highest BCUT2D eigenvalue weighted by atomic mass is 16.4. The van der Waals surface area contributed by atoms with Crippen LogP contribution in [0.1, 0.15) is 64.7 Å². The molecule has 0 radical (unpaired) electrons.